The van der Waals surface area contributed by atoms with Crippen molar-refractivity contribution in [3.05, 3.63) is 12.2 Å². The lowest BCUT2D eigenvalue weighted by molar-refractivity contribution is -0.153. The van der Waals surface area contributed by atoms with Crippen molar-refractivity contribution in [2.45, 2.75) is 19.1 Å². The molecule has 0 radical (unpaired) electrons. The summed E-state index contributed by atoms with van der Waals surface area (Å²) in [5, 5.41) is 7.91. The number of nitrogens with zero attached hydrogens (tertiary/aromatic N) is 2. The fraction of sp³-hybridized carbons (Fsp3) is 0.500. The van der Waals surface area contributed by atoms with Gasteiger partial charge in [0, 0.05) is 0 Å². The monoisotopic (exact) mass is 208 g/mol. The van der Waals surface area contributed by atoms with Crippen LogP contribution in [0, 0.1) is 0 Å². The molecule has 78 valence electrons. The number of aromatic nitrogens is 3. The highest BCUT2D eigenvalue weighted by Crippen LogP contribution is 2.18. The van der Waals surface area contributed by atoms with Crippen LogP contribution in [0.4, 0.5) is 13.2 Å². The molecule has 0 saturated heterocycles. The minimum Gasteiger partial charge on any atom is -0.349 e. The van der Waals surface area contributed by atoms with Gasteiger partial charge in [0.05, 0.1) is 6.54 Å². The molecule has 0 spiro atoms. The van der Waals surface area contributed by atoms with E-state index in [1.807, 2.05) is 5.32 Å². The van der Waals surface area contributed by atoms with Gasteiger partial charge in [0.2, 0.25) is 5.91 Å². The summed E-state index contributed by atoms with van der Waals surface area (Å²) in [6.45, 7) is -0.0884. The molecule has 0 aliphatic carbocycles. The first kappa shape index (κ1) is 10.5. The lowest BCUT2D eigenvalue weighted by atomic mass is 10.4. The number of rotatable bonds is 3. The second kappa shape index (κ2) is 4.07. The van der Waals surface area contributed by atoms with Gasteiger partial charge in [0.15, 0.2) is 0 Å². The molecule has 0 bridgehead atoms. The Morgan fingerprint density at radius 2 is 2.29 bits per heavy atom. The van der Waals surface area contributed by atoms with Crippen molar-refractivity contribution < 1.29 is 18.0 Å². The number of H-pyrrole nitrogens is 1. The normalized spacial score (nSPS) is 11.4. The number of carbonyl (C=O) groups excluding carboxylic acids is 1. The average molecular weight is 208 g/mol. The van der Waals surface area contributed by atoms with E-state index in [-0.39, 0.29) is 6.54 Å². The molecule has 1 amide bonds. The Bertz CT molecular complexity index is 295. The second-order valence-electron chi connectivity index (χ2n) is 2.50. The number of carbonyl (C=O) groups is 1. The van der Waals surface area contributed by atoms with E-state index in [2.05, 4.69) is 15.2 Å². The van der Waals surface area contributed by atoms with Crippen molar-refractivity contribution in [1.82, 2.24) is 20.5 Å². The Morgan fingerprint density at radius 1 is 1.57 bits per heavy atom. The maximum Gasteiger partial charge on any atom is 0.397 e. The Labute approximate surface area is 76.7 Å². The zero-order chi connectivity index (χ0) is 10.6. The molecular weight excluding hydrogens is 201 g/mol. The van der Waals surface area contributed by atoms with Gasteiger partial charge in [-0.2, -0.15) is 18.3 Å². The van der Waals surface area contributed by atoms with Gasteiger partial charge in [-0.15, -0.1) is 0 Å². The molecule has 14 heavy (non-hydrogen) atoms. The molecule has 0 unspecified atom stereocenters. The maximum atomic E-state index is 11.7. The number of alkyl halides is 3. The average Bonchev–Trinajstić information content (AvgIpc) is 2.49. The highest BCUT2D eigenvalue weighted by atomic mass is 19.4. The van der Waals surface area contributed by atoms with Crippen molar-refractivity contribution in [2.24, 2.45) is 0 Å². The molecule has 0 fully saturated rings. The van der Waals surface area contributed by atoms with Crippen molar-refractivity contribution in [1.29, 1.82) is 0 Å². The number of halogens is 3. The summed E-state index contributed by atoms with van der Waals surface area (Å²) in [5.41, 5.74) is 0. The zero-order valence-electron chi connectivity index (χ0n) is 6.93. The fourth-order valence-corrected chi connectivity index (χ4v) is 0.743. The summed E-state index contributed by atoms with van der Waals surface area (Å²) in [5.74, 6) is -0.783. The van der Waals surface area contributed by atoms with Crippen molar-refractivity contribution in [3.63, 3.8) is 0 Å². The SMILES string of the molecule is O=C(CC(F)(F)F)NCc1ncn[nH]1. The number of nitrogens with one attached hydrogen (secondary N) is 2. The number of amides is 1. The largest absolute Gasteiger partial charge is 0.397 e. The fourth-order valence-electron chi connectivity index (χ4n) is 0.743. The molecular formula is C6H7F3N4O. The number of hydrogen-bond donors (Lipinski definition) is 2. The van der Waals surface area contributed by atoms with Crippen LogP contribution in [-0.2, 0) is 11.3 Å². The molecule has 1 aromatic heterocycles. The highest BCUT2D eigenvalue weighted by molar-refractivity contribution is 5.76. The standard InChI is InChI=1S/C6H7F3N4O/c7-6(8,9)1-5(14)10-2-4-11-3-12-13-4/h3H,1-2H2,(H,10,14)(H,11,12,13). The van der Waals surface area contributed by atoms with Crippen molar-refractivity contribution in [3.8, 4) is 0 Å². The van der Waals surface area contributed by atoms with Crippen LogP contribution in [0.5, 0.6) is 0 Å². The lowest BCUT2D eigenvalue weighted by Crippen LogP contribution is -2.28. The zero-order valence-corrected chi connectivity index (χ0v) is 6.93. The smallest absolute Gasteiger partial charge is 0.349 e. The molecule has 1 rings (SSSR count). The van der Waals surface area contributed by atoms with Crippen LogP contribution in [0.1, 0.15) is 12.2 Å². The Kier molecular flexibility index (Phi) is 3.05. The van der Waals surface area contributed by atoms with Gasteiger partial charge < -0.3 is 5.32 Å². The van der Waals surface area contributed by atoms with E-state index in [1.54, 1.807) is 0 Å². The van der Waals surface area contributed by atoms with Gasteiger partial charge in [0.25, 0.3) is 0 Å². The van der Waals surface area contributed by atoms with E-state index in [1.165, 1.54) is 6.33 Å². The molecule has 0 aliphatic heterocycles. The third-order valence-corrected chi connectivity index (χ3v) is 1.28. The van der Waals surface area contributed by atoms with Crippen LogP contribution in [0.25, 0.3) is 0 Å². The third kappa shape index (κ3) is 3.87. The van der Waals surface area contributed by atoms with Crippen LogP contribution >= 0.6 is 0 Å². The first-order valence-corrected chi connectivity index (χ1v) is 3.65. The molecule has 5 nitrogen and oxygen atoms in total. The van der Waals surface area contributed by atoms with E-state index >= 15 is 0 Å². The highest BCUT2D eigenvalue weighted by Gasteiger charge is 2.30. The third-order valence-electron chi connectivity index (χ3n) is 1.28. The van der Waals surface area contributed by atoms with E-state index in [0.717, 1.165) is 0 Å². The summed E-state index contributed by atoms with van der Waals surface area (Å²) < 4.78 is 35.0. The van der Waals surface area contributed by atoms with Gasteiger partial charge in [-0.25, -0.2) is 4.98 Å². The molecule has 8 heteroatoms. The van der Waals surface area contributed by atoms with Crippen molar-refractivity contribution >= 4 is 5.91 Å². The minimum atomic E-state index is -4.48. The molecule has 2 N–H and O–H groups in total. The van der Waals surface area contributed by atoms with Gasteiger partial charge in [-0.1, -0.05) is 0 Å². The second-order valence-corrected chi connectivity index (χ2v) is 2.50. The lowest BCUT2D eigenvalue weighted by Gasteiger charge is -2.05. The molecule has 0 saturated carbocycles. The summed E-state index contributed by atoms with van der Waals surface area (Å²) >= 11 is 0. The van der Waals surface area contributed by atoms with Gasteiger partial charge >= 0.3 is 6.18 Å². The number of hydrogen-bond acceptors (Lipinski definition) is 3. The molecule has 1 heterocycles. The van der Waals surface area contributed by atoms with Gasteiger partial charge in [0.1, 0.15) is 18.6 Å². The summed E-state index contributed by atoms with van der Waals surface area (Å²) in [4.78, 5) is 14.3. The first-order valence-electron chi connectivity index (χ1n) is 3.65. The van der Waals surface area contributed by atoms with E-state index in [0.29, 0.717) is 5.82 Å². The molecule has 0 aromatic carbocycles. The molecule has 1 aromatic rings. The Morgan fingerprint density at radius 3 is 2.79 bits per heavy atom. The van der Waals surface area contributed by atoms with E-state index in [4.69, 9.17) is 0 Å². The van der Waals surface area contributed by atoms with Crippen LogP contribution in [0.15, 0.2) is 6.33 Å². The predicted molar refractivity (Wildman–Crippen MR) is 38.9 cm³/mol. The molecule has 0 atom stereocenters. The van der Waals surface area contributed by atoms with Crippen molar-refractivity contribution in [2.75, 3.05) is 0 Å². The van der Waals surface area contributed by atoms with Crippen LogP contribution in [0.3, 0.4) is 0 Å². The maximum absolute atomic E-state index is 11.7. The summed E-state index contributed by atoms with van der Waals surface area (Å²) in [6.07, 6.45) is -4.77. The minimum absolute atomic E-state index is 0.0884. The van der Waals surface area contributed by atoms with Crippen LogP contribution in [0.2, 0.25) is 0 Å². The Balaban J connectivity index is 2.29. The first-order chi connectivity index (χ1) is 6.47. The van der Waals surface area contributed by atoms with Gasteiger partial charge in [-0.3, -0.25) is 9.89 Å². The summed E-state index contributed by atoms with van der Waals surface area (Å²) in [6, 6.07) is 0. The topological polar surface area (TPSA) is 70.7 Å². The summed E-state index contributed by atoms with van der Waals surface area (Å²) in [7, 11) is 0. The van der Waals surface area contributed by atoms with Gasteiger partial charge in [-0.05, 0) is 0 Å². The predicted octanol–water partition coefficient (Wildman–Crippen LogP) is 0.373. The quantitative estimate of drug-likeness (QED) is 0.754. The molecule has 0 aliphatic rings. The van der Waals surface area contributed by atoms with E-state index < -0.39 is 18.5 Å². The number of aromatic amines is 1. The van der Waals surface area contributed by atoms with E-state index in [9.17, 15) is 18.0 Å². The Hall–Kier alpha value is -1.60. The van der Waals surface area contributed by atoms with Crippen LogP contribution in [-0.4, -0.2) is 27.3 Å². The van der Waals surface area contributed by atoms with Crippen LogP contribution < -0.4 is 5.32 Å².